The van der Waals surface area contributed by atoms with E-state index in [2.05, 4.69) is 33.8 Å². The van der Waals surface area contributed by atoms with E-state index in [1.807, 2.05) is 25.1 Å². The molecule has 1 aromatic carbocycles. The summed E-state index contributed by atoms with van der Waals surface area (Å²) in [5, 5.41) is 5.83. The molecule has 0 saturated carbocycles. The van der Waals surface area contributed by atoms with E-state index >= 15 is 0 Å². The molecule has 112 valence electrons. The molecule has 0 bridgehead atoms. The number of urea groups is 1. The molecule has 2 amide bonds. The van der Waals surface area contributed by atoms with Crippen LogP contribution in [0.5, 0.6) is 5.75 Å². The highest BCUT2D eigenvalue weighted by atomic mass is 32.1. The lowest BCUT2D eigenvalue weighted by molar-refractivity contribution is 0.260. The molecule has 6 nitrogen and oxygen atoms in total. The van der Waals surface area contributed by atoms with E-state index < -0.39 is 0 Å². The van der Waals surface area contributed by atoms with Crippen molar-refractivity contribution in [2.24, 2.45) is 5.92 Å². The van der Waals surface area contributed by atoms with Crippen molar-refractivity contribution in [3.63, 3.8) is 0 Å². The Morgan fingerprint density at radius 2 is 2.19 bits per heavy atom. The molecule has 2 aromatic rings. The number of ether oxygens (including phenoxy) is 1. The van der Waals surface area contributed by atoms with E-state index in [1.54, 1.807) is 0 Å². The van der Waals surface area contributed by atoms with Gasteiger partial charge in [-0.15, -0.1) is 0 Å². The topological polar surface area (TPSA) is 76.1 Å². The molecule has 0 aliphatic rings. The van der Waals surface area contributed by atoms with E-state index in [9.17, 15) is 4.79 Å². The maximum absolute atomic E-state index is 11.9. The normalized spacial score (nSPS) is 10.5. The highest BCUT2D eigenvalue weighted by Crippen LogP contribution is 2.26. The van der Waals surface area contributed by atoms with Crippen LogP contribution in [0, 0.1) is 12.8 Å². The van der Waals surface area contributed by atoms with Crippen LogP contribution in [0.2, 0.25) is 0 Å². The van der Waals surface area contributed by atoms with Crippen molar-refractivity contribution < 1.29 is 9.53 Å². The molecule has 7 heteroatoms. The van der Waals surface area contributed by atoms with Crippen LogP contribution in [0.15, 0.2) is 24.5 Å². The first-order valence-corrected chi connectivity index (χ1v) is 7.40. The number of nitrogens with one attached hydrogen (secondary N) is 2. The first kappa shape index (κ1) is 15.2. The molecular formula is C14H18N4O2S. The van der Waals surface area contributed by atoms with Gasteiger partial charge in [0.2, 0.25) is 5.13 Å². The van der Waals surface area contributed by atoms with Crippen molar-refractivity contribution in [3.8, 4) is 5.75 Å². The van der Waals surface area contributed by atoms with Gasteiger partial charge in [-0.1, -0.05) is 19.9 Å². The van der Waals surface area contributed by atoms with Gasteiger partial charge in [0.25, 0.3) is 0 Å². The van der Waals surface area contributed by atoms with Gasteiger partial charge in [0, 0.05) is 11.5 Å². The number of carbonyl (C=O) groups is 1. The van der Waals surface area contributed by atoms with Crippen molar-refractivity contribution in [1.82, 2.24) is 9.36 Å². The Labute approximate surface area is 127 Å². The van der Waals surface area contributed by atoms with Crippen LogP contribution in [0.25, 0.3) is 0 Å². The van der Waals surface area contributed by atoms with Gasteiger partial charge in [0.05, 0.1) is 12.3 Å². The standard InChI is InChI=1S/C14H18N4O2S/c1-9(2)7-20-12-6-10(3)4-5-11(12)17-13(19)18-14-15-8-16-21-14/h4-6,8-9H,7H2,1-3H3,(H2,15,16,17,18,19). The summed E-state index contributed by atoms with van der Waals surface area (Å²) in [6, 6.07) is 5.28. The molecule has 0 atom stereocenters. The molecule has 0 saturated heterocycles. The van der Waals surface area contributed by atoms with Crippen LogP contribution in [0.3, 0.4) is 0 Å². The molecule has 0 fully saturated rings. The molecule has 0 radical (unpaired) electrons. The first-order chi connectivity index (χ1) is 10.0. The lowest BCUT2D eigenvalue weighted by Crippen LogP contribution is -2.20. The highest BCUT2D eigenvalue weighted by molar-refractivity contribution is 7.09. The Bertz CT molecular complexity index is 599. The summed E-state index contributed by atoms with van der Waals surface area (Å²) in [6.45, 7) is 6.72. The zero-order valence-corrected chi connectivity index (χ0v) is 13.0. The van der Waals surface area contributed by atoms with Gasteiger partial charge >= 0.3 is 6.03 Å². The number of nitrogens with zero attached hydrogens (tertiary/aromatic N) is 2. The van der Waals surface area contributed by atoms with Crippen LogP contribution in [0.4, 0.5) is 15.6 Å². The molecule has 0 aliphatic carbocycles. The lowest BCUT2D eigenvalue weighted by Gasteiger charge is -2.14. The van der Waals surface area contributed by atoms with E-state index in [-0.39, 0.29) is 6.03 Å². The van der Waals surface area contributed by atoms with Crippen LogP contribution < -0.4 is 15.4 Å². The van der Waals surface area contributed by atoms with Gasteiger partial charge in [-0.2, -0.15) is 4.37 Å². The number of benzene rings is 1. The number of aromatic nitrogens is 2. The number of aryl methyl sites for hydroxylation is 1. The molecule has 2 N–H and O–H groups in total. The molecule has 21 heavy (non-hydrogen) atoms. The maximum Gasteiger partial charge on any atom is 0.325 e. The minimum absolute atomic E-state index is 0.370. The van der Waals surface area contributed by atoms with Gasteiger partial charge < -0.3 is 10.1 Å². The van der Waals surface area contributed by atoms with Gasteiger partial charge in [-0.25, -0.2) is 9.78 Å². The first-order valence-electron chi connectivity index (χ1n) is 6.62. The van der Waals surface area contributed by atoms with E-state index in [1.165, 1.54) is 6.33 Å². The fourth-order valence-electron chi connectivity index (χ4n) is 1.59. The Kier molecular flexibility index (Phi) is 5.10. The van der Waals surface area contributed by atoms with E-state index in [0.717, 1.165) is 17.1 Å². The minimum Gasteiger partial charge on any atom is -0.491 e. The lowest BCUT2D eigenvalue weighted by atomic mass is 10.2. The van der Waals surface area contributed by atoms with Crippen LogP contribution >= 0.6 is 11.5 Å². The summed E-state index contributed by atoms with van der Waals surface area (Å²) in [6.07, 6.45) is 1.39. The highest BCUT2D eigenvalue weighted by Gasteiger charge is 2.10. The SMILES string of the molecule is Cc1ccc(NC(=O)Nc2ncns2)c(OCC(C)C)c1. The zero-order chi connectivity index (χ0) is 15.2. The molecule has 0 spiro atoms. The van der Waals surface area contributed by atoms with Gasteiger partial charge in [0.15, 0.2) is 0 Å². The Morgan fingerprint density at radius 3 is 2.86 bits per heavy atom. The Hall–Kier alpha value is -2.15. The van der Waals surface area contributed by atoms with Gasteiger partial charge in [-0.3, -0.25) is 5.32 Å². The van der Waals surface area contributed by atoms with Crippen molar-refractivity contribution in [2.45, 2.75) is 20.8 Å². The average Bonchev–Trinajstić information content (AvgIpc) is 2.91. The Morgan fingerprint density at radius 1 is 1.38 bits per heavy atom. The number of hydrogen-bond acceptors (Lipinski definition) is 5. The summed E-state index contributed by atoms with van der Waals surface area (Å²) in [5.41, 5.74) is 1.70. The van der Waals surface area contributed by atoms with Crippen molar-refractivity contribution in [2.75, 3.05) is 17.2 Å². The fraction of sp³-hybridized carbons (Fsp3) is 0.357. The quantitative estimate of drug-likeness (QED) is 0.886. The summed E-state index contributed by atoms with van der Waals surface area (Å²) in [4.78, 5) is 15.8. The second-order valence-electron chi connectivity index (χ2n) is 5.03. The van der Waals surface area contributed by atoms with Crippen LogP contribution in [0.1, 0.15) is 19.4 Å². The zero-order valence-electron chi connectivity index (χ0n) is 12.2. The third-order valence-corrected chi connectivity index (χ3v) is 3.12. The van der Waals surface area contributed by atoms with Crippen molar-refractivity contribution in [1.29, 1.82) is 0 Å². The van der Waals surface area contributed by atoms with Gasteiger partial charge in [0.1, 0.15) is 12.1 Å². The number of carbonyl (C=O) groups excluding carboxylic acids is 1. The van der Waals surface area contributed by atoms with Crippen molar-refractivity contribution >= 4 is 28.4 Å². The summed E-state index contributed by atoms with van der Waals surface area (Å²) >= 11 is 1.12. The summed E-state index contributed by atoms with van der Waals surface area (Å²) < 4.78 is 9.57. The minimum atomic E-state index is -0.370. The molecule has 1 aromatic heterocycles. The van der Waals surface area contributed by atoms with Crippen LogP contribution in [-0.2, 0) is 0 Å². The molecule has 1 heterocycles. The average molecular weight is 306 g/mol. The predicted octanol–water partition coefficient (Wildman–Crippen LogP) is 3.53. The molecular weight excluding hydrogens is 288 g/mol. The third-order valence-electron chi connectivity index (χ3n) is 2.54. The van der Waals surface area contributed by atoms with E-state index in [0.29, 0.717) is 29.1 Å². The largest absolute Gasteiger partial charge is 0.491 e. The fourth-order valence-corrected chi connectivity index (χ4v) is 2.01. The van der Waals surface area contributed by atoms with Crippen LogP contribution in [-0.4, -0.2) is 22.0 Å². The molecule has 0 aliphatic heterocycles. The maximum atomic E-state index is 11.9. The van der Waals surface area contributed by atoms with E-state index in [4.69, 9.17) is 4.74 Å². The van der Waals surface area contributed by atoms with Crippen molar-refractivity contribution in [3.05, 3.63) is 30.1 Å². The summed E-state index contributed by atoms with van der Waals surface area (Å²) in [7, 11) is 0. The molecule has 0 unspecified atom stereocenters. The Balaban J connectivity index is 2.05. The smallest absolute Gasteiger partial charge is 0.325 e. The second kappa shape index (κ2) is 7.03. The number of anilines is 2. The number of amides is 2. The third kappa shape index (κ3) is 4.71. The number of rotatable bonds is 5. The predicted molar refractivity (Wildman–Crippen MR) is 84.1 cm³/mol. The second-order valence-corrected chi connectivity index (χ2v) is 5.81. The number of hydrogen-bond donors (Lipinski definition) is 2. The monoisotopic (exact) mass is 306 g/mol. The molecule has 2 rings (SSSR count). The van der Waals surface area contributed by atoms with Gasteiger partial charge in [-0.05, 0) is 30.5 Å². The summed E-state index contributed by atoms with van der Waals surface area (Å²) in [5.74, 6) is 1.07.